The summed E-state index contributed by atoms with van der Waals surface area (Å²) in [5, 5.41) is 11.4. The maximum atomic E-state index is 12.9. The molecule has 0 bridgehead atoms. The van der Waals surface area contributed by atoms with E-state index in [-0.39, 0.29) is 5.91 Å². The summed E-state index contributed by atoms with van der Waals surface area (Å²) in [5.41, 5.74) is 2.88. The maximum absolute atomic E-state index is 12.9. The molecule has 1 aliphatic rings. The number of hydrogen-bond donors (Lipinski definition) is 1. The molecule has 0 radical (unpaired) electrons. The molecule has 1 N–H and O–H groups in total. The Bertz CT molecular complexity index is 736. The molecule has 1 fully saturated rings. The standard InChI is InChI=1S/C19H30N6O/c1-5-7-17-16(11-20-22-17)19(26)24(3)12-14-8-6-9-23(2)18(14)15-10-21-25(4)13-15/h10-11,13-14,18H,5-9,12H2,1-4H3,(H,20,22)/t14-,18+/m0/s1. The van der Waals surface area contributed by atoms with Gasteiger partial charge in [0.15, 0.2) is 0 Å². The Balaban J connectivity index is 1.74. The fourth-order valence-electron chi connectivity index (χ4n) is 4.15. The van der Waals surface area contributed by atoms with E-state index >= 15 is 0 Å². The lowest BCUT2D eigenvalue weighted by Gasteiger charge is -2.40. The van der Waals surface area contributed by atoms with Gasteiger partial charge in [0.1, 0.15) is 0 Å². The Labute approximate surface area is 155 Å². The van der Waals surface area contributed by atoms with Crippen LogP contribution >= 0.6 is 0 Å². The van der Waals surface area contributed by atoms with Crippen LogP contribution in [0.15, 0.2) is 18.6 Å². The molecule has 0 spiro atoms. The first-order chi connectivity index (χ1) is 12.5. The number of aryl methyl sites for hydroxylation is 2. The molecule has 7 nitrogen and oxygen atoms in total. The van der Waals surface area contributed by atoms with Gasteiger partial charge in [0, 0.05) is 44.1 Å². The lowest BCUT2D eigenvalue weighted by molar-refractivity contribution is 0.0644. The average molecular weight is 358 g/mol. The first-order valence-electron chi connectivity index (χ1n) is 9.47. The van der Waals surface area contributed by atoms with Crippen LogP contribution in [0.25, 0.3) is 0 Å². The smallest absolute Gasteiger partial charge is 0.257 e. The highest BCUT2D eigenvalue weighted by Gasteiger charge is 2.33. The number of aromatic nitrogens is 4. The number of H-pyrrole nitrogens is 1. The van der Waals surface area contributed by atoms with Crippen molar-refractivity contribution in [3.8, 4) is 0 Å². The highest BCUT2D eigenvalue weighted by atomic mass is 16.2. The van der Waals surface area contributed by atoms with Crippen LogP contribution in [0.2, 0.25) is 0 Å². The van der Waals surface area contributed by atoms with E-state index < -0.39 is 0 Å². The van der Waals surface area contributed by atoms with Crippen LogP contribution in [0.4, 0.5) is 0 Å². The second kappa shape index (κ2) is 8.03. The molecule has 142 valence electrons. The Morgan fingerprint density at radius 2 is 2.19 bits per heavy atom. The monoisotopic (exact) mass is 358 g/mol. The number of piperidine rings is 1. The van der Waals surface area contributed by atoms with Gasteiger partial charge in [-0.15, -0.1) is 0 Å². The van der Waals surface area contributed by atoms with E-state index in [4.69, 9.17) is 0 Å². The molecule has 1 saturated heterocycles. The van der Waals surface area contributed by atoms with E-state index in [1.165, 1.54) is 5.56 Å². The van der Waals surface area contributed by atoms with Crippen molar-refractivity contribution in [2.45, 2.75) is 38.6 Å². The summed E-state index contributed by atoms with van der Waals surface area (Å²) in [6.45, 7) is 3.92. The highest BCUT2D eigenvalue weighted by Crippen LogP contribution is 2.35. The van der Waals surface area contributed by atoms with E-state index in [1.807, 2.05) is 29.9 Å². The van der Waals surface area contributed by atoms with Crippen LogP contribution < -0.4 is 0 Å². The number of hydrogen-bond acceptors (Lipinski definition) is 4. The van der Waals surface area contributed by atoms with Gasteiger partial charge in [0.2, 0.25) is 0 Å². The van der Waals surface area contributed by atoms with Crippen molar-refractivity contribution in [1.29, 1.82) is 0 Å². The predicted molar refractivity (Wildman–Crippen MR) is 101 cm³/mol. The zero-order valence-corrected chi connectivity index (χ0v) is 16.3. The zero-order valence-electron chi connectivity index (χ0n) is 16.3. The fourth-order valence-corrected chi connectivity index (χ4v) is 4.15. The Hall–Kier alpha value is -2.15. The molecule has 2 aromatic heterocycles. The van der Waals surface area contributed by atoms with Crippen molar-refractivity contribution in [3.05, 3.63) is 35.4 Å². The minimum Gasteiger partial charge on any atom is -0.341 e. The molecular formula is C19H30N6O. The number of amides is 1. The van der Waals surface area contributed by atoms with Crippen molar-refractivity contribution in [1.82, 2.24) is 29.8 Å². The Kier molecular flexibility index (Phi) is 5.76. The SMILES string of the molecule is CCCc1[nH]ncc1C(=O)N(C)C[C@@H]1CCCN(C)[C@H]1c1cnn(C)c1. The number of aromatic amines is 1. The minimum absolute atomic E-state index is 0.0559. The van der Waals surface area contributed by atoms with Crippen LogP contribution in [-0.2, 0) is 13.5 Å². The van der Waals surface area contributed by atoms with Gasteiger partial charge >= 0.3 is 0 Å². The summed E-state index contributed by atoms with van der Waals surface area (Å²) in [4.78, 5) is 17.2. The molecule has 1 aliphatic heterocycles. The van der Waals surface area contributed by atoms with Crippen molar-refractivity contribution < 1.29 is 4.79 Å². The van der Waals surface area contributed by atoms with Crippen molar-refractivity contribution >= 4 is 5.91 Å². The summed E-state index contributed by atoms with van der Waals surface area (Å²) in [7, 11) is 6.02. The molecule has 0 saturated carbocycles. The van der Waals surface area contributed by atoms with E-state index in [0.29, 0.717) is 17.5 Å². The molecule has 0 unspecified atom stereocenters. The molecule has 7 heteroatoms. The third-order valence-electron chi connectivity index (χ3n) is 5.38. The topological polar surface area (TPSA) is 70.1 Å². The van der Waals surface area contributed by atoms with E-state index in [1.54, 1.807) is 6.20 Å². The average Bonchev–Trinajstić information content (AvgIpc) is 3.24. The first kappa shape index (κ1) is 18.6. The Morgan fingerprint density at radius 1 is 1.38 bits per heavy atom. The van der Waals surface area contributed by atoms with E-state index in [9.17, 15) is 4.79 Å². The van der Waals surface area contributed by atoms with Gasteiger partial charge < -0.3 is 4.90 Å². The van der Waals surface area contributed by atoms with Crippen molar-refractivity contribution in [2.24, 2.45) is 13.0 Å². The van der Waals surface area contributed by atoms with Gasteiger partial charge in [-0.05, 0) is 38.8 Å². The number of carbonyl (C=O) groups is 1. The van der Waals surface area contributed by atoms with Crippen LogP contribution in [0.5, 0.6) is 0 Å². The minimum atomic E-state index is 0.0559. The quantitative estimate of drug-likeness (QED) is 0.860. The first-order valence-corrected chi connectivity index (χ1v) is 9.47. The van der Waals surface area contributed by atoms with Crippen LogP contribution in [0.3, 0.4) is 0 Å². The summed E-state index contributed by atoms with van der Waals surface area (Å²) in [6, 6.07) is 0.298. The normalized spacial score (nSPS) is 21.1. The fraction of sp³-hybridized carbons (Fsp3) is 0.632. The summed E-state index contributed by atoms with van der Waals surface area (Å²) < 4.78 is 1.85. The molecule has 1 amide bonds. The number of carbonyl (C=O) groups excluding carboxylic acids is 1. The molecule has 0 aromatic carbocycles. The van der Waals surface area contributed by atoms with Gasteiger partial charge in [-0.1, -0.05) is 13.3 Å². The van der Waals surface area contributed by atoms with Crippen LogP contribution in [-0.4, -0.2) is 62.9 Å². The Morgan fingerprint density at radius 3 is 2.88 bits per heavy atom. The lowest BCUT2D eigenvalue weighted by atomic mass is 9.85. The zero-order chi connectivity index (χ0) is 18.7. The predicted octanol–water partition coefficient (Wildman–Crippen LogP) is 2.25. The molecule has 26 heavy (non-hydrogen) atoms. The molecule has 2 atom stereocenters. The number of nitrogens with one attached hydrogen (secondary N) is 1. The van der Waals surface area contributed by atoms with Gasteiger partial charge in [0.05, 0.1) is 18.0 Å². The molecular weight excluding hydrogens is 328 g/mol. The van der Waals surface area contributed by atoms with E-state index in [0.717, 1.165) is 44.5 Å². The van der Waals surface area contributed by atoms with Crippen molar-refractivity contribution in [2.75, 3.05) is 27.2 Å². The van der Waals surface area contributed by atoms with Crippen LogP contribution in [0, 0.1) is 5.92 Å². The molecule has 0 aliphatic carbocycles. The number of nitrogens with zero attached hydrogens (tertiary/aromatic N) is 5. The summed E-state index contributed by atoms with van der Waals surface area (Å²) in [5.74, 6) is 0.453. The molecule has 3 heterocycles. The third-order valence-corrected chi connectivity index (χ3v) is 5.38. The number of likely N-dealkylation sites (tertiary alicyclic amines) is 1. The van der Waals surface area contributed by atoms with Crippen LogP contribution in [0.1, 0.15) is 53.8 Å². The van der Waals surface area contributed by atoms with Crippen molar-refractivity contribution in [3.63, 3.8) is 0 Å². The largest absolute Gasteiger partial charge is 0.341 e. The maximum Gasteiger partial charge on any atom is 0.257 e. The van der Waals surface area contributed by atoms with Gasteiger partial charge in [-0.3, -0.25) is 19.5 Å². The number of rotatable bonds is 6. The third kappa shape index (κ3) is 3.82. The lowest BCUT2D eigenvalue weighted by Crippen LogP contribution is -2.42. The van der Waals surface area contributed by atoms with Gasteiger partial charge in [-0.25, -0.2) is 0 Å². The molecule has 2 aromatic rings. The molecule has 3 rings (SSSR count). The van der Waals surface area contributed by atoms with Gasteiger partial charge in [-0.2, -0.15) is 10.2 Å². The second-order valence-electron chi connectivity index (χ2n) is 7.47. The summed E-state index contributed by atoms with van der Waals surface area (Å²) >= 11 is 0. The van der Waals surface area contributed by atoms with Gasteiger partial charge in [0.25, 0.3) is 5.91 Å². The highest BCUT2D eigenvalue weighted by molar-refractivity contribution is 5.94. The summed E-state index contributed by atoms with van der Waals surface area (Å²) in [6.07, 6.45) is 9.83. The van der Waals surface area contributed by atoms with E-state index in [2.05, 4.69) is 40.4 Å². The second-order valence-corrected chi connectivity index (χ2v) is 7.47.